The van der Waals surface area contributed by atoms with Gasteiger partial charge in [-0.05, 0) is 55.3 Å². The number of aromatic nitrogens is 4. The number of H-pyrrole nitrogens is 1. The Morgan fingerprint density at radius 1 is 1.15 bits per heavy atom. The molecule has 214 valence electrons. The number of benzene rings is 2. The Balaban J connectivity index is 0.00000253. The highest BCUT2D eigenvalue weighted by atomic mass is 32.2. The number of aryl methyl sites for hydroxylation is 1. The first kappa shape index (κ1) is 28.2. The molecule has 1 fully saturated rings. The van der Waals surface area contributed by atoms with Gasteiger partial charge in [0.25, 0.3) is 0 Å². The molecule has 5 rings (SSSR count). The van der Waals surface area contributed by atoms with Crippen molar-refractivity contribution in [2.75, 3.05) is 30.4 Å². The molecule has 0 atom stereocenters. The third kappa shape index (κ3) is 6.52. The van der Waals surface area contributed by atoms with E-state index in [1.807, 2.05) is 74.5 Å². The number of hydrogen-bond acceptors (Lipinski definition) is 9. The van der Waals surface area contributed by atoms with Crippen LogP contribution in [-0.4, -0.2) is 46.1 Å². The van der Waals surface area contributed by atoms with Gasteiger partial charge in [-0.15, -0.1) is 0 Å². The number of carbonyl (C=O) groups excluding carboxylic acids is 1. The Kier molecular flexibility index (Phi) is 8.55. The predicted molar refractivity (Wildman–Crippen MR) is 164 cm³/mol. The van der Waals surface area contributed by atoms with Gasteiger partial charge in [0.05, 0.1) is 18.6 Å². The van der Waals surface area contributed by atoms with Crippen molar-refractivity contribution in [2.24, 2.45) is 0 Å². The smallest absolute Gasteiger partial charge is 0.196 e. The van der Waals surface area contributed by atoms with E-state index >= 15 is 0 Å². The zero-order valence-corrected chi connectivity index (χ0v) is 24.3. The van der Waals surface area contributed by atoms with Gasteiger partial charge in [0.1, 0.15) is 23.2 Å². The molecule has 4 aromatic rings. The van der Waals surface area contributed by atoms with Crippen LogP contribution in [0.3, 0.4) is 0 Å². The van der Waals surface area contributed by atoms with Crippen LogP contribution >= 0.6 is 11.8 Å². The van der Waals surface area contributed by atoms with E-state index in [9.17, 15) is 10.1 Å². The summed E-state index contributed by atoms with van der Waals surface area (Å²) in [7, 11) is 1.65. The number of hydrogen-bond donors (Lipinski definition) is 2. The molecular formula is C31H37N7O2S. The maximum Gasteiger partial charge on any atom is 0.196 e. The van der Waals surface area contributed by atoms with E-state index in [1.54, 1.807) is 7.11 Å². The minimum Gasteiger partial charge on any atom is -0.496 e. The van der Waals surface area contributed by atoms with Crippen LogP contribution < -0.4 is 15.0 Å². The van der Waals surface area contributed by atoms with E-state index in [1.165, 1.54) is 11.8 Å². The first-order valence-corrected chi connectivity index (χ1v) is 14.5. The van der Waals surface area contributed by atoms with E-state index in [0.717, 1.165) is 33.3 Å². The Morgan fingerprint density at radius 2 is 1.90 bits per heavy atom. The summed E-state index contributed by atoms with van der Waals surface area (Å²) in [6, 6.07) is 22.2. The maximum atomic E-state index is 11.8. The van der Waals surface area contributed by atoms with Crippen molar-refractivity contribution >= 4 is 35.0 Å². The van der Waals surface area contributed by atoms with Crippen molar-refractivity contribution in [3.05, 3.63) is 77.5 Å². The number of ether oxygens (including phenoxy) is 1. The molecule has 0 saturated carbocycles. The third-order valence-corrected chi connectivity index (χ3v) is 8.23. The van der Waals surface area contributed by atoms with Gasteiger partial charge in [0, 0.05) is 57.1 Å². The molecule has 1 aliphatic heterocycles. The minimum atomic E-state index is -0.623. The molecule has 2 aromatic carbocycles. The summed E-state index contributed by atoms with van der Waals surface area (Å²) in [5.41, 5.74) is 2.25. The standard InChI is InChI=1S/C31H33N7O2S.2H2/c1-4-23(39)18-22-9-11-24(12-10-22)41-30-34-27(33-28-17-21(2)36-37-28)19-29(35-30)38-15-13-31(20-32,14-16-38)25-7-5-6-8-26(25)40-3;;/h5-12,17,19H,4,13-16,18H2,1-3H3,(H2,33,34,35,36,37);2*1H. The summed E-state index contributed by atoms with van der Waals surface area (Å²) in [6.45, 7) is 5.15. The maximum absolute atomic E-state index is 11.8. The van der Waals surface area contributed by atoms with E-state index < -0.39 is 5.41 Å². The highest BCUT2D eigenvalue weighted by Crippen LogP contribution is 2.41. The van der Waals surface area contributed by atoms with Gasteiger partial charge >= 0.3 is 0 Å². The second-order valence-electron chi connectivity index (χ2n) is 10.2. The van der Waals surface area contributed by atoms with Crippen LogP contribution in [0.2, 0.25) is 0 Å². The van der Waals surface area contributed by atoms with Crippen molar-refractivity contribution in [2.45, 2.75) is 55.0 Å². The molecule has 0 spiro atoms. The number of carbonyl (C=O) groups is 1. The van der Waals surface area contributed by atoms with E-state index in [2.05, 4.69) is 26.5 Å². The Bertz CT molecular complexity index is 1570. The number of Topliss-reactive ketones (excluding diaryl/α,β-unsaturated/α-hetero) is 1. The molecule has 9 nitrogen and oxygen atoms in total. The van der Waals surface area contributed by atoms with Crippen molar-refractivity contribution < 1.29 is 12.4 Å². The summed E-state index contributed by atoms with van der Waals surface area (Å²) in [6.07, 6.45) is 2.27. The summed E-state index contributed by atoms with van der Waals surface area (Å²) in [5, 5.41) is 21.4. The average molecular weight is 572 g/mol. The molecule has 2 aromatic heterocycles. The van der Waals surface area contributed by atoms with E-state index in [4.69, 9.17) is 14.7 Å². The molecule has 2 N–H and O–H groups in total. The number of rotatable bonds is 10. The number of ketones is 1. The number of nitrogens with zero attached hydrogens (tertiary/aromatic N) is 5. The Morgan fingerprint density at radius 3 is 2.56 bits per heavy atom. The van der Waals surface area contributed by atoms with Gasteiger partial charge in [-0.3, -0.25) is 9.89 Å². The van der Waals surface area contributed by atoms with E-state index in [-0.39, 0.29) is 8.64 Å². The average Bonchev–Trinajstić information content (AvgIpc) is 3.42. The van der Waals surface area contributed by atoms with Crippen LogP contribution in [0.15, 0.2) is 70.7 Å². The Labute approximate surface area is 247 Å². The molecule has 10 heteroatoms. The lowest BCUT2D eigenvalue weighted by Crippen LogP contribution is -2.42. The molecule has 0 bridgehead atoms. The fourth-order valence-corrected chi connectivity index (χ4v) is 5.80. The van der Waals surface area contributed by atoms with Crippen LogP contribution in [0.5, 0.6) is 5.75 Å². The Hall–Kier alpha value is -4.36. The number of anilines is 3. The predicted octanol–water partition coefficient (Wildman–Crippen LogP) is 6.49. The number of nitriles is 1. The van der Waals surface area contributed by atoms with Crippen molar-refractivity contribution in [1.29, 1.82) is 5.26 Å². The molecule has 1 aliphatic rings. The van der Waals surface area contributed by atoms with Crippen LogP contribution in [0, 0.1) is 18.3 Å². The molecule has 0 amide bonds. The second-order valence-corrected chi connectivity index (χ2v) is 11.2. The van der Waals surface area contributed by atoms with Gasteiger partial charge in [-0.1, -0.05) is 37.3 Å². The highest BCUT2D eigenvalue weighted by molar-refractivity contribution is 7.99. The van der Waals surface area contributed by atoms with Crippen molar-refractivity contribution in [3.8, 4) is 11.8 Å². The summed E-state index contributed by atoms with van der Waals surface area (Å²) >= 11 is 1.46. The van der Waals surface area contributed by atoms with Gasteiger partial charge in [-0.25, -0.2) is 9.97 Å². The fourth-order valence-electron chi connectivity index (χ4n) is 5.03. The molecule has 1 saturated heterocycles. The van der Waals surface area contributed by atoms with Crippen molar-refractivity contribution in [3.63, 3.8) is 0 Å². The molecule has 0 radical (unpaired) electrons. The number of methoxy groups -OCH3 is 1. The molecule has 0 unspecified atom stereocenters. The molecule has 41 heavy (non-hydrogen) atoms. The van der Waals surface area contributed by atoms with E-state index in [0.29, 0.717) is 55.6 Å². The number of piperidine rings is 1. The van der Waals surface area contributed by atoms with Crippen LogP contribution in [0.25, 0.3) is 0 Å². The first-order valence-electron chi connectivity index (χ1n) is 13.7. The van der Waals surface area contributed by atoms with Gasteiger partial charge in [0.15, 0.2) is 11.0 Å². The highest BCUT2D eigenvalue weighted by Gasteiger charge is 2.39. The van der Waals surface area contributed by atoms with Gasteiger partial charge in [-0.2, -0.15) is 10.4 Å². The lowest BCUT2D eigenvalue weighted by molar-refractivity contribution is -0.118. The van der Waals surface area contributed by atoms with Crippen LogP contribution in [0.1, 0.15) is 45.9 Å². The fraction of sp³-hybridized carbons (Fsp3) is 0.323. The molecule has 0 aliphatic carbocycles. The third-order valence-electron chi connectivity index (χ3n) is 7.36. The monoisotopic (exact) mass is 571 g/mol. The first-order chi connectivity index (χ1) is 19.9. The molecular weight excluding hydrogens is 534 g/mol. The number of aromatic amines is 1. The summed E-state index contributed by atoms with van der Waals surface area (Å²) < 4.78 is 5.59. The number of nitrogens with one attached hydrogen (secondary N) is 2. The normalized spacial score (nSPS) is 14.3. The van der Waals surface area contributed by atoms with Crippen molar-refractivity contribution in [1.82, 2.24) is 20.2 Å². The van der Waals surface area contributed by atoms with Gasteiger partial charge in [0.2, 0.25) is 0 Å². The largest absolute Gasteiger partial charge is 0.496 e. The lowest BCUT2D eigenvalue weighted by atomic mass is 9.73. The zero-order valence-electron chi connectivity index (χ0n) is 23.5. The second kappa shape index (κ2) is 12.4. The van der Waals surface area contributed by atoms with Gasteiger partial charge < -0.3 is 15.0 Å². The quantitative estimate of drug-likeness (QED) is 0.206. The topological polar surface area (TPSA) is 120 Å². The van der Waals surface area contributed by atoms with Crippen LogP contribution in [0.4, 0.5) is 17.5 Å². The summed E-state index contributed by atoms with van der Waals surface area (Å²) in [5.74, 6) is 3.06. The van der Waals surface area contributed by atoms with Crippen LogP contribution in [-0.2, 0) is 16.6 Å². The SMILES string of the molecule is CCC(=O)Cc1ccc(Sc2nc(Nc3cc(C)[nH]n3)cc(N3CCC(C#N)(c4ccccc4OC)CC3)n2)cc1.[HH].[HH]. The minimum absolute atomic E-state index is 0. The lowest BCUT2D eigenvalue weighted by Gasteiger charge is -2.38. The zero-order chi connectivity index (χ0) is 28.8. The summed E-state index contributed by atoms with van der Waals surface area (Å²) in [4.78, 5) is 24.7. The number of para-hydroxylation sites is 1. The molecule has 3 heterocycles.